The van der Waals surface area contributed by atoms with Crippen molar-refractivity contribution in [2.75, 3.05) is 0 Å². The predicted octanol–water partition coefficient (Wildman–Crippen LogP) is 4.64. The molecule has 0 radical (unpaired) electrons. The van der Waals surface area contributed by atoms with Crippen LogP contribution >= 0.6 is 23.1 Å². The van der Waals surface area contributed by atoms with Crippen LogP contribution in [-0.4, -0.2) is 32.0 Å². The largest absolute Gasteiger partial charge is 0.353 e. The fourth-order valence-electron chi connectivity index (χ4n) is 2.92. The number of rotatable bonds is 9. The maximum absolute atomic E-state index is 12.6. The van der Waals surface area contributed by atoms with Gasteiger partial charge in [-0.3, -0.25) is 4.79 Å². The van der Waals surface area contributed by atoms with Gasteiger partial charge in [0, 0.05) is 12.6 Å². The third-order valence-corrected chi connectivity index (χ3v) is 6.47. The normalized spacial score (nSPS) is 13.2. The number of hydrogen-bond acceptors (Lipinski definition) is 5. The van der Waals surface area contributed by atoms with Crippen molar-refractivity contribution in [2.45, 2.75) is 56.6 Å². The van der Waals surface area contributed by atoms with Gasteiger partial charge in [-0.25, -0.2) is 0 Å². The second kappa shape index (κ2) is 9.89. The Kier molecular flexibility index (Phi) is 7.28. The van der Waals surface area contributed by atoms with Crippen molar-refractivity contribution in [1.29, 1.82) is 0 Å². The van der Waals surface area contributed by atoms with Gasteiger partial charge in [0.1, 0.15) is 0 Å². The minimum Gasteiger partial charge on any atom is -0.353 e. The number of aryl methyl sites for hydroxylation is 1. The van der Waals surface area contributed by atoms with Crippen LogP contribution in [0.25, 0.3) is 10.7 Å². The zero-order valence-corrected chi connectivity index (χ0v) is 18.1. The Labute approximate surface area is 174 Å². The highest BCUT2D eigenvalue weighted by atomic mass is 32.2. The van der Waals surface area contributed by atoms with Crippen molar-refractivity contribution < 1.29 is 4.79 Å². The number of thioether (sulfide) groups is 1. The SMILES string of the molecule is CCn1c(S[C@@H](C)C(=O)N[C@H](C)CCc2ccccc2)nnc1-c1cccs1. The molecule has 1 N–H and O–H groups in total. The van der Waals surface area contributed by atoms with Crippen molar-refractivity contribution >= 4 is 29.0 Å². The third kappa shape index (κ3) is 5.23. The number of nitrogens with one attached hydrogen (secondary N) is 1. The van der Waals surface area contributed by atoms with Gasteiger partial charge in [0.15, 0.2) is 11.0 Å². The average molecular weight is 415 g/mol. The Balaban J connectivity index is 1.55. The zero-order chi connectivity index (χ0) is 19.9. The molecule has 2 aromatic heterocycles. The number of carbonyl (C=O) groups is 1. The minimum absolute atomic E-state index is 0.0360. The molecule has 1 aromatic carbocycles. The Morgan fingerprint density at radius 2 is 1.96 bits per heavy atom. The van der Waals surface area contributed by atoms with Gasteiger partial charge < -0.3 is 9.88 Å². The van der Waals surface area contributed by atoms with Crippen LogP contribution in [0.4, 0.5) is 0 Å². The summed E-state index contributed by atoms with van der Waals surface area (Å²) < 4.78 is 2.07. The molecule has 1 amide bonds. The molecule has 28 heavy (non-hydrogen) atoms. The zero-order valence-electron chi connectivity index (χ0n) is 16.5. The van der Waals surface area contributed by atoms with Crippen molar-refractivity contribution in [3.63, 3.8) is 0 Å². The van der Waals surface area contributed by atoms with E-state index in [0.717, 1.165) is 35.2 Å². The van der Waals surface area contributed by atoms with E-state index in [0.29, 0.717) is 0 Å². The third-order valence-electron chi connectivity index (χ3n) is 4.52. The number of amides is 1. The van der Waals surface area contributed by atoms with E-state index in [1.807, 2.05) is 42.6 Å². The van der Waals surface area contributed by atoms with Gasteiger partial charge in [-0.1, -0.05) is 48.2 Å². The summed E-state index contributed by atoms with van der Waals surface area (Å²) in [7, 11) is 0. The maximum Gasteiger partial charge on any atom is 0.233 e. The van der Waals surface area contributed by atoms with Gasteiger partial charge in [0.2, 0.25) is 5.91 Å². The summed E-state index contributed by atoms with van der Waals surface area (Å²) in [5.74, 6) is 0.901. The molecule has 0 aliphatic carbocycles. The van der Waals surface area contributed by atoms with Crippen LogP contribution < -0.4 is 5.32 Å². The highest BCUT2D eigenvalue weighted by Crippen LogP contribution is 2.29. The molecule has 0 bridgehead atoms. The molecule has 3 rings (SSSR count). The Morgan fingerprint density at radius 1 is 1.18 bits per heavy atom. The summed E-state index contributed by atoms with van der Waals surface area (Å²) in [5, 5.41) is 14.4. The van der Waals surface area contributed by atoms with Crippen LogP contribution in [0.5, 0.6) is 0 Å². The molecule has 5 nitrogen and oxygen atoms in total. The lowest BCUT2D eigenvalue weighted by molar-refractivity contribution is -0.120. The van der Waals surface area contributed by atoms with Crippen molar-refractivity contribution in [2.24, 2.45) is 0 Å². The smallest absolute Gasteiger partial charge is 0.233 e. The van der Waals surface area contributed by atoms with Crippen molar-refractivity contribution in [3.05, 3.63) is 53.4 Å². The summed E-state index contributed by atoms with van der Waals surface area (Å²) >= 11 is 3.10. The monoisotopic (exact) mass is 414 g/mol. The Hall–Kier alpha value is -2.12. The van der Waals surface area contributed by atoms with E-state index in [-0.39, 0.29) is 17.2 Å². The molecule has 0 unspecified atom stereocenters. The van der Waals surface area contributed by atoms with Crippen LogP contribution in [0.3, 0.4) is 0 Å². The van der Waals surface area contributed by atoms with Crippen LogP contribution in [0.1, 0.15) is 32.8 Å². The van der Waals surface area contributed by atoms with E-state index >= 15 is 0 Å². The number of hydrogen-bond donors (Lipinski definition) is 1. The molecule has 148 valence electrons. The first-order valence-corrected chi connectivity index (χ1v) is 11.3. The highest BCUT2D eigenvalue weighted by Gasteiger charge is 2.21. The molecule has 3 aromatic rings. The fourth-order valence-corrected chi connectivity index (χ4v) is 4.56. The standard InChI is InChI=1S/C21H26N4OS2/c1-4-25-19(18-11-8-14-27-18)23-24-21(25)28-16(3)20(26)22-15(2)12-13-17-9-6-5-7-10-17/h5-11,14-16H,4,12-13H2,1-3H3,(H,22,26)/t15-,16+/m1/s1. The molecule has 0 saturated carbocycles. The van der Waals surface area contributed by atoms with Crippen LogP contribution in [-0.2, 0) is 17.8 Å². The van der Waals surface area contributed by atoms with Gasteiger partial charge in [0.05, 0.1) is 10.1 Å². The van der Waals surface area contributed by atoms with Crippen LogP contribution in [0.15, 0.2) is 53.0 Å². The van der Waals surface area contributed by atoms with Gasteiger partial charge in [-0.2, -0.15) is 0 Å². The van der Waals surface area contributed by atoms with E-state index in [1.54, 1.807) is 11.3 Å². The van der Waals surface area contributed by atoms with Gasteiger partial charge >= 0.3 is 0 Å². The first-order chi connectivity index (χ1) is 13.6. The molecule has 0 aliphatic rings. The fraction of sp³-hybridized carbons (Fsp3) is 0.381. The maximum atomic E-state index is 12.6. The predicted molar refractivity (Wildman–Crippen MR) is 117 cm³/mol. The summed E-state index contributed by atoms with van der Waals surface area (Å²) in [6, 6.07) is 14.5. The number of carbonyl (C=O) groups excluding carboxylic acids is 1. The first kappa shape index (κ1) is 20.6. The molecule has 0 fully saturated rings. The lowest BCUT2D eigenvalue weighted by Crippen LogP contribution is -2.38. The molecule has 2 atom stereocenters. The second-order valence-electron chi connectivity index (χ2n) is 6.72. The summed E-state index contributed by atoms with van der Waals surface area (Å²) in [5.41, 5.74) is 1.29. The van der Waals surface area contributed by atoms with Crippen molar-refractivity contribution in [1.82, 2.24) is 20.1 Å². The second-order valence-corrected chi connectivity index (χ2v) is 8.98. The van der Waals surface area contributed by atoms with E-state index in [1.165, 1.54) is 17.3 Å². The van der Waals surface area contributed by atoms with Crippen molar-refractivity contribution in [3.8, 4) is 10.7 Å². The molecule has 0 spiro atoms. The molecule has 7 heteroatoms. The minimum atomic E-state index is -0.232. The number of benzene rings is 1. The van der Waals surface area contributed by atoms with Crippen LogP contribution in [0, 0.1) is 0 Å². The number of nitrogens with zero attached hydrogens (tertiary/aromatic N) is 3. The summed E-state index contributed by atoms with van der Waals surface area (Å²) in [4.78, 5) is 13.7. The lowest BCUT2D eigenvalue weighted by atomic mass is 10.1. The first-order valence-electron chi connectivity index (χ1n) is 9.56. The number of thiophene rings is 1. The summed E-state index contributed by atoms with van der Waals surface area (Å²) in [6.45, 7) is 6.82. The quantitative estimate of drug-likeness (QED) is 0.518. The van der Waals surface area contributed by atoms with E-state index in [9.17, 15) is 4.79 Å². The van der Waals surface area contributed by atoms with Gasteiger partial charge in [-0.15, -0.1) is 21.5 Å². The molecular formula is C21H26N4OS2. The number of aromatic nitrogens is 3. The van der Waals surface area contributed by atoms with Crippen LogP contribution in [0.2, 0.25) is 0 Å². The Bertz CT molecular complexity index is 877. The average Bonchev–Trinajstić information content (AvgIpc) is 3.36. The highest BCUT2D eigenvalue weighted by molar-refractivity contribution is 8.00. The topological polar surface area (TPSA) is 59.8 Å². The molecule has 2 heterocycles. The van der Waals surface area contributed by atoms with E-state index in [4.69, 9.17) is 0 Å². The molecule has 0 aliphatic heterocycles. The van der Waals surface area contributed by atoms with Gasteiger partial charge in [0.25, 0.3) is 0 Å². The van der Waals surface area contributed by atoms with E-state index < -0.39 is 0 Å². The summed E-state index contributed by atoms with van der Waals surface area (Å²) in [6.07, 6.45) is 1.87. The molecule has 0 saturated heterocycles. The van der Waals surface area contributed by atoms with E-state index in [2.05, 4.69) is 46.1 Å². The lowest BCUT2D eigenvalue weighted by Gasteiger charge is -2.17. The van der Waals surface area contributed by atoms with Gasteiger partial charge in [-0.05, 0) is 50.6 Å². The Morgan fingerprint density at radius 3 is 2.64 bits per heavy atom. The molecular weight excluding hydrogens is 388 g/mol.